The fourth-order valence-electron chi connectivity index (χ4n) is 2.47. The molecule has 0 amide bonds. The molecule has 2 aliphatic heterocycles. The molecule has 4 rings (SSSR count). The summed E-state index contributed by atoms with van der Waals surface area (Å²) < 4.78 is 0. The van der Waals surface area contributed by atoms with E-state index < -0.39 is 0 Å². The summed E-state index contributed by atoms with van der Waals surface area (Å²) in [4.78, 5) is 3.51. The van der Waals surface area contributed by atoms with Gasteiger partial charge in [0.15, 0.2) is 0 Å². The van der Waals surface area contributed by atoms with Gasteiger partial charge in [-0.15, -0.1) is 9.57 Å². The predicted molar refractivity (Wildman–Crippen MR) is 108 cm³/mol. The fraction of sp³-hybridized carbons (Fsp3) is 0. The number of rotatable bonds is 4. The molecule has 2 aromatic carbocycles. The Balaban J connectivity index is 1.56. The van der Waals surface area contributed by atoms with Gasteiger partial charge in [0.25, 0.3) is 0 Å². The number of thiocarbonyl (C=S) groups is 2. The molecular weight excluding hydrogens is 404 g/mol. The molecular formula is C14H14N8O2S2Si. The van der Waals surface area contributed by atoms with Gasteiger partial charge in [0.1, 0.15) is 11.5 Å². The molecule has 0 atom stereocenters. The van der Waals surface area contributed by atoms with E-state index in [0.717, 1.165) is 11.4 Å². The van der Waals surface area contributed by atoms with E-state index in [9.17, 15) is 10.2 Å². The minimum absolute atomic E-state index is 0.0111. The van der Waals surface area contributed by atoms with Gasteiger partial charge in [-0.1, -0.05) is 0 Å². The smallest absolute Gasteiger partial charge is 0.346 e. The molecule has 0 saturated carbocycles. The Morgan fingerprint density at radius 1 is 0.667 bits per heavy atom. The van der Waals surface area contributed by atoms with Crippen molar-refractivity contribution in [1.82, 2.24) is 31.5 Å². The van der Waals surface area contributed by atoms with Crippen molar-refractivity contribution in [3.05, 3.63) is 48.5 Å². The summed E-state index contributed by atoms with van der Waals surface area (Å²) in [7, 11) is -0.0111. The number of hydrazine groups is 6. The zero-order valence-electron chi connectivity index (χ0n) is 13.6. The summed E-state index contributed by atoms with van der Waals surface area (Å²) >= 11 is 10.7. The Morgan fingerprint density at radius 3 is 1.41 bits per heavy atom. The van der Waals surface area contributed by atoms with E-state index in [0.29, 0.717) is 10.2 Å². The second-order valence-electron chi connectivity index (χ2n) is 5.46. The van der Waals surface area contributed by atoms with E-state index in [2.05, 4.69) is 21.9 Å². The maximum absolute atomic E-state index is 9.51. The molecule has 0 unspecified atom stereocenters. The van der Waals surface area contributed by atoms with E-state index in [-0.39, 0.29) is 21.3 Å². The Bertz CT molecular complexity index is 797. The predicted octanol–water partition coefficient (Wildman–Crippen LogP) is -0.00560. The first-order valence-corrected chi connectivity index (χ1v) is 9.40. The second-order valence-corrected chi connectivity index (χ2v) is 7.28. The highest BCUT2D eigenvalue weighted by atomic mass is 32.1. The van der Waals surface area contributed by atoms with Gasteiger partial charge in [0.2, 0.25) is 10.2 Å². The largest absolute Gasteiger partial charge is 0.508 e. The van der Waals surface area contributed by atoms with Gasteiger partial charge >= 0.3 is 9.84 Å². The lowest BCUT2D eigenvalue weighted by atomic mass is 10.3. The number of hydrogen-bond donors (Lipinski definition) is 6. The number of phenolic OH excluding ortho intramolecular Hbond substituents is 2. The highest BCUT2D eigenvalue weighted by molar-refractivity contribution is 7.80. The monoisotopic (exact) mass is 418 g/mol. The average Bonchev–Trinajstić information content (AvgIpc) is 3.20. The quantitative estimate of drug-likeness (QED) is 0.298. The van der Waals surface area contributed by atoms with Crippen LogP contribution in [0.3, 0.4) is 0 Å². The number of nitrogens with zero attached hydrogens (tertiary/aromatic N) is 4. The lowest BCUT2D eigenvalue weighted by molar-refractivity contribution is 0.287. The SMILES string of the molecule is Oc1ccc(N2C(=S)NNN2[Si]N2NNC(=S)N2c2ccc(O)cc2)cc1. The zero-order chi connectivity index (χ0) is 19.0. The molecule has 13 heteroatoms. The molecule has 2 saturated heterocycles. The van der Waals surface area contributed by atoms with Crippen molar-refractivity contribution in [2.24, 2.45) is 0 Å². The van der Waals surface area contributed by atoms with Gasteiger partial charge in [-0.3, -0.25) is 10.9 Å². The molecule has 0 aromatic heterocycles. The molecule has 2 aliphatic rings. The van der Waals surface area contributed by atoms with E-state index in [4.69, 9.17) is 24.4 Å². The molecule has 10 nitrogen and oxygen atoms in total. The van der Waals surface area contributed by atoms with Gasteiger partial charge in [-0.05, 0) is 73.0 Å². The van der Waals surface area contributed by atoms with Crippen molar-refractivity contribution >= 4 is 55.9 Å². The Labute approximate surface area is 167 Å². The minimum Gasteiger partial charge on any atom is -0.508 e. The van der Waals surface area contributed by atoms with Crippen LogP contribution in [0.25, 0.3) is 0 Å². The minimum atomic E-state index is -0.0111. The van der Waals surface area contributed by atoms with Gasteiger partial charge in [0, 0.05) is 0 Å². The van der Waals surface area contributed by atoms with Crippen LogP contribution in [0.2, 0.25) is 0 Å². The van der Waals surface area contributed by atoms with Crippen LogP contribution < -0.4 is 31.9 Å². The van der Waals surface area contributed by atoms with Crippen molar-refractivity contribution in [1.29, 1.82) is 0 Å². The Kier molecular flexibility index (Phi) is 4.79. The highest BCUT2D eigenvalue weighted by Gasteiger charge is 2.36. The first-order chi connectivity index (χ1) is 13.0. The van der Waals surface area contributed by atoms with Crippen LogP contribution >= 0.6 is 24.4 Å². The molecule has 2 aromatic rings. The molecule has 2 heterocycles. The molecule has 0 aliphatic carbocycles. The number of anilines is 2. The molecule has 138 valence electrons. The third kappa shape index (κ3) is 3.52. The van der Waals surface area contributed by atoms with Gasteiger partial charge < -0.3 is 10.2 Å². The van der Waals surface area contributed by atoms with Gasteiger partial charge in [-0.2, -0.15) is 11.1 Å². The van der Waals surface area contributed by atoms with Crippen LogP contribution in [0.5, 0.6) is 11.5 Å². The van der Waals surface area contributed by atoms with Crippen LogP contribution in [-0.2, 0) is 0 Å². The molecule has 0 bridgehead atoms. The average molecular weight is 419 g/mol. The third-order valence-corrected chi connectivity index (χ3v) is 5.25. The van der Waals surface area contributed by atoms with Crippen LogP contribution in [0.4, 0.5) is 11.4 Å². The maximum atomic E-state index is 9.51. The number of phenols is 2. The van der Waals surface area contributed by atoms with E-state index >= 15 is 0 Å². The van der Waals surface area contributed by atoms with Crippen LogP contribution in [0.15, 0.2) is 48.5 Å². The second kappa shape index (κ2) is 7.24. The van der Waals surface area contributed by atoms with Gasteiger partial charge in [-0.25, -0.2) is 10.0 Å². The topological polar surface area (TPSA) is 102 Å². The number of aromatic hydroxyl groups is 2. The molecule has 2 fully saturated rings. The molecule has 0 spiro atoms. The number of benzene rings is 2. The van der Waals surface area contributed by atoms with Crippen molar-refractivity contribution in [2.75, 3.05) is 10.0 Å². The Morgan fingerprint density at radius 2 is 1.04 bits per heavy atom. The van der Waals surface area contributed by atoms with Crippen molar-refractivity contribution in [2.45, 2.75) is 0 Å². The summed E-state index contributed by atoms with van der Waals surface area (Å²) in [5.41, 5.74) is 13.3. The highest BCUT2D eigenvalue weighted by Crippen LogP contribution is 2.23. The first-order valence-electron chi connectivity index (χ1n) is 7.69. The third-order valence-electron chi connectivity index (χ3n) is 3.70. The summed E-state index contributed by atoms with van der Waals surface area (Å²) in [6, 6.07) is 13.4. The summed E-state index contributed by atoms with van der Waals surface area (Å²) in [5, 5.41) is 23.4. The van der Waals surface area contributed by atoms with E-state index in [1.807, 2.05) is 0 Å². The van der Waals surface area contributed by atoms with Crippen LogP contribution in [0.1, 0.15) is 0 Å². The lowest BCUT2D eigenvalue weighted by Gasteiger charge is -2.31. The normalized spacial score (nSPS) is 18.1. The van der Waals surface area contributed by atoms with E-state index in [1.54, 1.807) is 68.1 Å². The maximum Gasteiger partial charge on any atom is 0.346 e. The molecule has 6 N–H and O–H groups in total. The van der Waals surface area contributed by atoms with Crippen molar-refractivity contribution < 1.29 is 10.2 Å². The van der Waals surface area contributed by atoms with E-state index in [1.165, 1.54) is 0 Å². The summed E-state index contributed by atoms with van der Waals surface area (Å²) in [6.07, 6.45) is 0. The zero-order valence-corrected chi connectivity index (χ0v) is 16.3. The fourth-order valence-corrected chi connectivity index (χ4v) is 4.08. The van der Waals surface area contributed by atoms with Crippen molar-refractivity contribution in [3.8, 4) is 11.5 Å². The lowest BCUT2D eigenvalue weighted by Crippen LogP contribution is -2.58. The number of hydrogen-bond acceptors (Lipinski definition) is 8. The van der Waals surface area contributed by atoms with Gasteiger partial charge in [0.05, 0.1) is 11.4 Å². The summed E-state index contributed by atoms with van der Waals surface area (Å²) in [6.45, 7) is 0. The standard InChI is InChI=1S/C14H14N8O2S2Si/c23-11-5-1-9(2-6-11)19-13(25)15-17-21(19)27-22-18-16-14(26)20(22)10-3-7-12(24)8-4-10/h1-8,17-18,23-24H,(H,15,25)(H,16,26). The van der Waals surface area contributed by atoms with Crippen LogP contribution in [-0.4, -0.2) is 39.8 Å². The molecule has 27 heavy (non-hydrogen) atoms. The first kappa shape index (κ1) is 17.9. The summed E-state index contributed by atoms with van der Waals surface area (Å²) in [5.74, 6) is 0.348. The Hall–Kier alpha value is -2.52. The van der Waals surface area contributed by atoms with Crippen LogP contribution in [0, 0.1) is 0 Å². The molecule has 2 radical (unpaired) electrons. The number of nitrogens with one attached hydrogen (secondary N) is 4. The van der Waals surface area contributed by atoms with Crippen molar-refractivity contribution in [3.63, 3.8) is 0 Å².